The van der Waals surface area contributed by atoms with Gasteiger partial charge in [0.05, 0.1) is 4.92 Å². The number of rotatable bonds is 7. The Hall–Kier alpha value is -1.46. The minimum atomic E-state index is -0.429. The molecule has 18 heavy (non-hydrogen) atoms. The summed E-state index contributed by atoms with van der Waals surface area (Å²) in [7, 11) is 0. The van der Waals surface area contributed by atoms with Gasteiger partial charge in [0, 0.05) is 25.3 Å². The topological polar surface area (TPSA) is 83.6 Å². The number of aliphatic hydroxyl groups excluding tert-OH is 2. The van der Waals surface area contributed by atoms with E-state index in [4.69, 9.17) is 0 Å². The maximum absolute atomic E-state index is 10.8. The summed E-state index contributed by atoms with van der Waals surface area (Å²) >= 11 is 0. The number of benzene rings is 1. The van der Waals surface area contributed by atoms with E-state index in [1.54, 1.807) is 6.07 Å². The molecule has 0 saturated carbocycles. The third-order valence-corrected chi connectivity index (χ3v) is 3.53. The lowest BCUT2D eigenvalue weighted by Gasteiger charge is -2.32. The average Bonchev–Trinajstić information content (AvgIpc) is 2.38. The van der Waals surface area contributed by atoms with Crippen molar-refractivity contribution in [2.24, 2.45) is 0 Å². The first-order chi connectivity index (χ1) is 8.59. The van der Waals surface area contributed by atoms with Crippen LogP contribution in [0.5, 0.6) is 0 Å². The molecule has 0 heterocycles. The van der Waals surface area contributed by atoms with Crippen molar-refractivity contribution < 1.29 is 15.1 Å². The second kappa shape index (κ2) is 6.47. The molecular formula is C13H19NO4. The summed E-state index contributed by atoms with van der Waals surface area (Å²) in [6.45, 7) is 1.96. The van der Waals surface area contributed by atoms with E-state index < -0.39 is 10.3 Å². The lowest BCUT2D eigenvalue weighted by atomic mass is 9.73. The summed E-state index contributed by atoms with van der Waals surface area (Å²) in [5, 5.41) is 29.2. The largest absolute Gasteiger partial charge is 0.396 e. The van der Waals surface area contributed by atoms with Crippen LogP contribution in [-0.2, 0) is 5.41 Å². The highest BCUT2D eigenvalue weighted by Crippen LogP contribution is 2.36. The number of nitro groups is 1. The summed E-state index contributed by atoms with van der Waals surface area (Å²) in [6, 6.07) is 6.45. The van der Waals surface area contributed by atoms with Gasteiger partial charge >= 0.3 is 0 Å². The number of non-ortho nitro benzene ring substituents is 1. The number of nitro benzene ring substituents is 1. The molecule has 5 heteroatoms. The summed E-state index contributed by atoms with van der Waals surface area (Å²) < 4.78 is 0. The minimum Gasteiger partial charge on any atom is -0.396 e. The van der Waals surface area contributed by atoms with Crippen LogP contribution in [-0.4, -0.2) is 28.4 Å². The standard InChI is InChI=1S/C13H19NO4/c1-2-13(6-8-15,7-9-16)11-4-3-5-12(10-11)14(17)18/h3-5,10,15-16H,2,6-9H2,1H3. The van der Waals surface area contributed by atoms with Gasteiger partial charge in [-0.3, -0.25) is 10.1 Å². The first-order valence-electron chi connectivity index (χ1n) is 6.06. The summed E-state index contributed by atoms with van der Waals surface area (Å²) in [6.07, 6.45) is 1.70. The Morgan fingerprint density at radius 1 is 1.28 bits per heavy atom. The molecule has 0 fully saturated rings. The van der Waals surface area contributed by atoms with Crippen LogP contribution in [0.3, 0.4) is 0 Å². The zero-order chi connectivity index (χ0) is 13.6. The van der Waals surface area contributed by atoms with E-state index in [-0.39, 0.29) is 18.9 Å². The Balaban J connectivity index is 3.18. The van der Waals surface area contributed by atoms with Crippen LogP contribution in [0.1, 0.15) is 31.7 Å². The number of hydrogen-bond donors (Lipinski definition) is 2. The molecule has 2 N–H and O–H groups in total. The average molecular weight is 253 g/mol. The monoisotopic (exact) mass is 253 g/mol. The molecule has 1 aromatic rings. The zero-order valence-corrected chi connectivity index (χ0v) is 10.5. The van der Waals surface area contributed by atoms with Crippen LogP contribution in [0.4, 0.5) is 5.69 Å². The summed E-state index contributed by atoms with van der Waals surface area (Å²) in [5.41, 5.74) is 0.457. The summed E-state index contributed by atoms with van der Waals surface area (Å²) in [5.74, 6) is 0. The van der Waals surface area contributed by atoms with E-state index in [1.807, 2.05) is 13.0 Å². The number of aliphatic hydroxyl groups is 2. The zero-order valence-electron chi connectivity index (χ0n) is 10.5. The van der Waals surface area contributed by atoms with E-state index in [0.29, 0.717) is 12.8 Å². The van der Waals surface area contributed by atoms with Gasteiger partial charge in [-0.2, -0.15) is 0 Å². The molecule has 0 saturated heterocycles. The van der Waals surface area contributed by atoms with E-state index >= 15 is 0 Å². The molecule has 0 unspecified atom stereocenters. The molecule has 0 amide bonds. The summed E-state index contributed by atoms with van der Waals surface area (Å²) in [4.78, 5) is 10.4. The minimum absolute atomic E-state index is 0.00344. The Morgan fingerprint density at radius 3 is 2.33 bits per heavy atom. The highest BCUT2D eigenvalue weighted by atomic mass is 16.6. The smallest absolute Gasteiger partial charge is 0.269 e. The molecular weight excluding hydrogens is 234 g/mol. The van der Waals surface area contributed by atoms with Gasteiger partial charge in [0.2, 0.25) is 0 Å². The van der Waals surface area contributed by atoms with Crippen molar-refractivity contribution in [3.63, 3.8) is 0 Å². The Kier molecular flexibility index (Phi) is 5.25. The van der Waals surface area contributed by atoms with Gasteiger partial charge in [-0.25, -0.2) is 0 Å². The van der Waals surface area contributed by atoms with Crippen LogP contribution in [0.15, 0.2) is 24.3 Å². The molecule has 1 rings (SSSR count). The molecule has 5 nitrogen and oxygen atoms in total. The van der Waals surface area contributed by atoms with Gasteiger partial charge in [0.15, 0.2) is 0 Å². The Labute approximate surface area is 106 Å². The maximum atomic E-state index is 10.8. The predicted octanol–water partition coefficient (Wildman–Crippen LogP) is 2.01. The highest BCUT2D eigenvalue weighted by molar-refractivity contribution is 5.38. The van der Waals surface area contributed by atoms with E-state index in [9.17, 15) is 20.3 Å². The van der Waals surface area contributed by atoms with Crippen LogP contribution >= 0.6 is 0 Å². The van der Waals surface area contributed by atoms with Crippen molar-refractivity contribution in [2.45, 2.75) is 31.6 Å². The Morgan fingerprint density at radius 2 is 1.89 bits per heavy atom. The lowest BCUT2D eigenvalue weighted by molar-refractivity contribution is -0.385. The highest BCUT2D eigenvalue weighted by Gasteiger charge is 2.30. The fourth-order valence-electron chi connectivity index (χ4n) is 2.35. The SMILES string of the molecule is CCC(CCO)(CCO)c1cccc([N+](=O)[O-])c1. The van der Waals surface area contributed by atoms with Crippen molar-refractivity contribution in [1.82, 2.24) is 0 Å². The molecule has 0 spiro atoms. The van der Waals surface area contributed by atoms with Crippen molar-refractivity contribution in [3.05, 3.63) is 39.9 Å². The van der Waals surface area contributed by atoms with Gasteiger partial charge in [-0.15, -0.1) is 0 Å². The first kappa shape index (κ1) is 14.6. The normalized spacial score (nSPS) is 11.5. The second-order valence-electron chi connectivity index (χ2n) is 4.39. The molecule has 0 aliphatic rings. The van der Waals surface area contributed by atoms with Gasteiger partial charge in [0.1, 0.15) is 0 Å². The second-order valence-corrected chi connectivity index (χ2v) is 4.39. The molecule has 0 bridgehead atoms. The number of hydrogen-bond acceptors (Lipinski definition) is 4. The van der Waals surface area contributed by atoms with Crippen LogP contribution < -0.4 is 0 Å². The lowest BCUT2D eigenvalue weighted by Crippen LogP contribution is -2.28. The van der Waals surface area contributed by atoms with Crippen molar-refractivity contribution in [1.29, 1.82) is 0 Å². The van der Waals surface area contributed by atoms with Gasteiger partial charge in [-0.1, -0.05) is 19.1 Å². The first-order valence-corrected chi connectivity index (χ1v) is 6.06. The van der Waals surface area contributed by atoms with Crippen molar-refractivity contribution >= 4 is 5.69 Å². The third kappa shape index (κ3) is 3.05. The number of nitrogens with zero attached hydrogens (tertiary/aromatic N) is 1. The van der Waals surface area contributed by atoms with Gasteiger partial charge in [-0.05, 0) is 30.2 Å². The molecule has 1 aromatic carbocycles. The molecule has 0 aliphatic carbocycles. The third-order valence-electron chi connectivity index (χ3n) is 3.53. The van der Waals surface area contributed by atoms with Crippen LogP contribution in [0.2, 0.25) is 0 Å². The Bertz CT molecular complexity index is 400. The van der Waals surface area contributed by atoms with Crippen molar-refractivity contribution in [2.75, 3.05) is 13.2 Å². The fraction of sp³-hybridized carbons (Fsp3) is 0.538. The molecule has 0 aliphatic heterocycles. The molecule has 0 aromatic heterocycles. The predicted molar refractivity (Wildman–Crippen MR) is 68.5 cm³/mol. The van der Waals surface area contributed by atoms with Crippen LogP contribution in [0.25, 0.3) is 0 Å². The molecule has 100 valence electrons. The fourth-order valence-corrected chi connectivity index (χ4v) is 2.35. The quantitative estimate of drug-likeness (QED) is 0.575. The van der Waals surface area contributed by atoms with E-state index in [0.717, 1.165) is 12.0 Å². The van der Waals surface area contributed by atoms with Crippen molar-refractivity contribution in [3.8, 4) is 0 Å². The van der Waals surface area contributed by atoms with Gasteiger partial charge in [0.25, 0.3) is 5.69 Å². The van der Waals surface area contributed by atoms with E-state index in [1.165, 1.54) is 12.1 Å². The van der Waals surface area contributed by atoms with Crippen LogP contribution in [0, 0.1) is 10.1 Å². The van der Waals surface area contributed by atoms with E-state index in [2.05, 4.69) is 0 Å². The molecule has 0 atom stereocenters. The van der Waals surface area contributed by atoms with Gasteiger partial charge < -0.3 is 10.2 Å². The maximum Gasteiger partial charge on any atom is 0.269 e. The molecule has 0 radical (unpaired) electrons.